The molecule has 1 N–H and O–H groups in total. The molecule has 1 amide bonds. The van der Waals surface area contributed by atoms with Crippen LogP contribution in [0.4, 0.5) is 0 Å². The number of benzene rings is 1. The van der Waals surface area contributed by atoms with Crippen LogP contribution < -0.4 is 10.7 Å². The van der Waals surface area contributed by atoms with Gasteiger partial charge >= 0.3 is 0 Å². The van der Waals surface area contributed by atoms with Crippen LogP contribution in [0.15, 0.2) is 35.3 Å². The van der Waals surface area contributed by atoms with E-state index in [0.717, 1.165) is 31.7 Å². The number of fused-ring (bicyclic) bond motifs is 1. The summed E-state index contributed by atoms with van der Waals surface area (Å²) in [7, 11) is 0. The van der Waals surface area contributed by atoms with E-state index >= 15 is 0 Å². The van der Waals surface area contributed by atoms with E-state index in [0.29, 0.717) is 18.4 Å². The number of hydrogen-bond donors (Lipinski definition) is 1. The van der Waals surface area contributed by atoms with Gasteiger partial charge in [-0.3, -0.25) is 14.3 Å². The Bertz CT molecular complexity index is 710. The highest BCUT2D eigenvalue weighted by Crippen LogP contribution is 2.09. The molecule has 118 valence electrons. The summed E-state index contributed by atoms with van der Waals surface area (Å²) in [5.74, 6) is 0.140. The maximum atomic E-state index is 12.2. The molecule has 1 aromatic carbocycles. The minimum atomic E-state index is -0.0877. The smallest absolute Gasteiger partial charge is 0.224 e. The molecule has 1 aromatic heterocycles. The Labute approximate surface area is 134 Å². The number of aromatic nitrogens is 2. The number of carbonyl (C=O) groups is 1. The fourth-order valence-electron chi connectivity index (χ4n) is 2.61. The molecule has 7 heteroatoms. The predicted molar refractivity (Wildman–Crippen MR) is 87.3 cm³/mol. The summed E-state index contributed by atoms with van der Waals surface area (Å²) in [6.07, 6.45) is 1.72. The molecule has 22 heavy (non-hydrogen) atoms. The van der Waals surface area contributed by atoms with Crippen molar-refractivity contribution in [2.45, 2.75) is 13.0 Å². The van der Waals surface area contributed by atoms with Crippen LogP contribution in [0, 0.1) is 0 Å². The second kappa shape index (κ2) is 7.38. The van der Waals surface area contributed by atoms with E-state index in [1.165, 1.54) is 6.20 Å². The van der Waals surface area contributed by atoms with Gasteiger partial charge in [-0.2, -0.15) is 5.10 Å². The maximum absolute atomic E-state index is 12.2. The first kappa shape index (κ1) is 16.5. The molecule has 0 bridgehead atoms. The van der Waals surface area contributed by atoms with E-state index in [4.69, 9.17) is 0 Å². The standard InChI is InChI=1S/C15H18N4O2.ClH/c20-14-11-17-19(13-4-2-1-3-12(13)14)8-5-15(21)18-9-6-16-7-10-18;/h1-4,11,16H,5-10H2;1H. The Morgan fingerprint density at radius 2 is 1.95 bits per heavy atom. The predicted octanol–water partition coefficient (Wildman–Crippen LogP) is 0.640. The molecule has 1 aliphatic heterocycles. The number of halogens is 1. The van der Waals surface area contributed by atoms with E-state index in [9.17, 15) is 9.59 Å². The molecule has 0 saturated carbocycles. The lowest BCUT2D eigenvalue weighted by molar-refractivity contribution is -0.132. The number of carbonyl (C=O) groups excluding carboxylic acids is 1. The van der Waals surface area contributed by atoms with Crippen molar-refractivity contribution in [3.63, 3.8) is 0 Å². The second-order valence-corrected chi connectivity index (χ2v) is 5.13. The maximum Gasteiger partial charge on any atom is 0.224 e. The average Bonchev–Trinajstić information content (AvgIpc) is 2.55. The Morgan fingerprint density at radius 1 is 1.23 bits per heavy atom. The molecular weight excluding hydrogens is 304 g/mol. The third kappa shape index (κ3) is 3.45. The van der Waals surface area contributed by atoms with Crippen LogP contribution in [0.1, 0.15) is 6.42 Å². The monoisotopic (exact) mass is 322 g/mol. The highest BCUT2D eigenvalue weighted by molar-refractivity contribution is 5.85. The quantitative estimate of drug-likeness (QED) is 0.900. The van der Waals surface area contributed by atoms with E-state index in [-0.39, 0.29) is 23.7 Å². The summed E-state index contributed by atoms with van der Waals surface area (Å²) in [6, 6.07) is 7.35. The van der Waals surface area contributed by atoms with Crippen LogP contribution in [-0.2, 0) is 11.3 Å². The molecule has 1 aliphatic rings. The summed E-state index contributed by atoms with van der Waals surface area (Å²) in [5, 5.41) is 8.01. The third-order valence-corrected chi connectivity index (χ3v) is 3.77. The van der Waals surface area contributed by atoms with Gasteiger partial charge < -0.3 is 10.2 Å². The van der Waals surface area contributed by atoms with Crippen molar-refractivity contribution in [1.82, 2.24) is 20.0 Å². The lowest BCUT2D eigenvalue weighted by atomic mass is 10.2. The minimum Gasteiger partial charge on any atom is -0.340 e. The molecule has 1 fully saturated rings. The van der Waals surface area contributed by atoms with Gasteiger partial charge in [-0.25, -0.2) is 0 Å². The largest absolute Gasteiger partial charge is 0.340 e. The molecule has 2 aromatic rings. The van der Waals surface area contributed by atoms with Gasteiger partial charge in [-0.05, 0) is 12.1 Å². The number of nitrogens with one attached hydrogen (secondary N) is 1. The van der Waals surface area contributed by atoms with Crippen LogP contribution in [0.3, 0.4) is 0 Å². The van der Waals surface area contributed by atoms with Crippen LogP contribution in [0.25, 0.3) is 10.9 Å². The zero-order valence-corrected chi connectivity index (χ0v) is 13.0. The molecule has 0 aliphatic carbocycles. The minimum absolute atomic E-state index is 0. The van der Waals surface area contributed by atoms with Crippen molar-refractivity contribution in [3.8, 4) is 0 Å². The van der Waals surface area contributed by atoms with Gasteiger partial charge in [0.1, 0.15) is 0 Å². The van der Waals surface area contributed by atoms with E-state index < -0.39 is 0 Å². The van der Waals surface area contributed by atoms with Gasteiger partial charge in [0, 0.05) is 38.0 Å². The fourth-order valence-corrected chi connectivity index (χ4v) is 2.61. The summed E-state index contributed by atoms with van der Waals surface area (Å²) in [6.45, 7) is 3.72. The van der Waals surface area contributed by atoms with Crippen molar-refractivity contribution in [1.29, 1.82) is 0 Å². The van der Waals surface area contributed by atoms with Crippen molar-refractivity contribution in [3.05, 3.63) is 40.7 Å². The average molecular weight is 323 g/mol. The molecule has 0 atom stereocenters. The highest BCUT2D eigenvalue weighted by atomic mass is 35.5. The molecule has 0 radical (unpaired) electrons. The number of aryl methyl sites for hydroxylation is 1. The van der Waals surface area contributed by atoms with E-state index in [1.54, 1.807) is 10.7 Å². The van der Waals surface area contributed by atoms with Gasteiger partial charge in [-0.1, -0.05) is 12.1 Å². The van der Waals surface area contributed by atoms with Crippen molar-refractivity contribution in [2.24, 2.45) is 0 Å². The number of nitrogens with zero attached hydrogens (tertiary/aromatic N) is 3. The summed E-state index contributed by atoms with van der Waals surface area (Å²) >= 11 is 0. The molecule has 1 saturated heterocycles. The number of para-hydroxylation sites is 1. The van der Waals surface area contributed by atoms with Crippen molar-refractivity contribution >= 4 is 29.2 Å². The zero-order chi connectivity index (χ0) is 14.7. The van der Waals surface area contributed by atoms with Crippen molar-refractivity contribution < 1.29 is 4.79 Å². The molecule has 0 spiro atoms. The first-order chi connectivity index (χ1) is 10.3. The third-order valence-electron chi connectivity index (χ3n) is 3.77. The number of amides is 1. The molecule has 0 unspecified atom stereocenters. The first-order valence-corrected chi connectivity index (χ1v) is 7.19. The van der Waals surface area contributed by atoms with Crippen LogP contribution in [0.5, 0.6) is 0 Å². The molecule has 6 nitrogen and oxygen atoms in total. The van der Waals surface area contributed by atoms with Gasteiger partial charge in [0.25, 0.3) is 0 Å². The SMILES string of the molecule is Cl.O=C(CCn1ncc(=O)c2ccccc21)N1CCNCC1. The Morgan fingerprint density at radius 3 is 2.73 bits per heavy atom. The Balaban J connectivity index is 0.00000176. The summed E-state index contributed by atoms with van der Waals surface area (Å²) in [4.78, 5) is 25.8. The lowest BCUT2D eigenvalue weighted by Crippen LogP contribution is -2.46. The number of hydrogen-bond acceptors (Lipinski definition) is 4. The number of piperazine rings is 1. The molecule has 3 rings (SSSR count). The summed E-state index contributed by atoms with van der Waals surface area (Å²) < 4.78 is 1.73. The summed E-state index contributed by atoms with van der Waals surface area (Å²) in [5.41, 5.74) is 0.688. The van der Waals surface area contributed by atoms with E-state index in [1.807, 2.05) is 23.1 Å². The van der Waals surface area contributed by atoms with Crippen LogP contribution in [-0.4, -0.2) is 46.8 Å². The lowest BCUT2D eigenvalue weighted by Gasteiger charge is -2.27. The zero-order valence-electron chi connectivity index (χ0n) is 12.2. The Hall–Kier alpha value is -1.92. The van der Waals surface area contributed by atoms with Crippen LogP contribution in [0.2, 0.25) is 0 Å². The van der Waals surface area contributed by atoms with Crippen LogP contribution >= 0.6 is 12.4 Å². The fraction of sp³-hybridized carbons (Fsp3) is 0.400. The Kier molecular flexibility index (Phi) is 5.51. The van der Waals surface area contributed by atoms with Gasteiger partial charge in [-0.15, -0.1) is 12.4 Å². The highest BCUT2D eigenvalue weighted by Gasteiger charge is 2.16. The second-order valence-electron chi connectivity index (χ2n) is 5.13. The van der Waals surface area contributed by atoms with Gasteiger partial charge in [0.05, 0.1) is 18.3 Å². The van der Waals surface area contributed by atoms with Gasteiger partial charge in [0.2, 0.25) is 11.3 Å². The normalized spacial score (nSPS) is 14.6. The topological polar surface area (TPSA) is 67.2 Å². The van der Waals surface area contributed by atoms with Gasteiger partial charge in [0.15, 0.2) is 0 Å². The van der Waals surface area contributed by atoms with E-state index in [2.05, 4.69) is 10.4 Å². The molecular formula is C15H19ClN4O2. The first-order valence-electron chi connectivity index (χ1n) is 7.19. The van der Waals surface area contributed by atoms with Crippen molar-refractivity contribution in [2.75, 3.05) is 26.2 Å². The number of rotatable bonds is 3. The molecule has 2 heterocycles.